The van der Waals surface area contributed by atoms with Gasteiger partial charge in [0.2, 0.25) is 0 Å². The molecule has 0 spiro atoms. The van der Waals surface area contributed by atoms with E-state index >= 15 is 0 Å². The van der Waals surface area contributed by atoms with Crippen LogP contribution in [-0.4, -0.2) is 13.0 Å². The van der Waals surface area contributed by atoms with Crippen molar-refractivity contribution in [3.63, 3.8) is 0 Å². The fourth-order valence-electron chi connectivity index (χ4n) is 0.361. The van der Waals surface area contributed by atoms with Crippen LogP contribution in [0.5, 0.6) is 0 Å². The van der Waals surface area contributed by atoms with E-state index in [1.807, 2.05) is 0 Å². The molecule has 0 aromatic rings. The van der Waals surface area contributed by atoms with Crippen LogP contribution in [-0.2, 0) is 9.53 Å². The number of amides is 1. The maximum absolute atomic E-state index is 10.2. The molecule has 3 heteroatoms. The third-order valence-electron chi connectivity index (χ3n) is 0.725. The molecule has 0 rings (SSSR count). The zero-order chi connectivity index (χ0) is 6.57. The summed E-state index contributed by atoms with van der Waals surface area (Å²) in [5.74, 6) is -0.333. The second kappa shape index (κ2) is 3.07. The molecule has 0 aliphatic carbocycles. The van der Waals surface area contributed by atoms with Crippen LogP contribution in [0.25, 0.3) is 0 Å². The maximum Gasteiger partial charge on any atom is 0.283 e. The van der Waals surface area contributed by atoms with Crippen molar-refractivity contribution in [1.82, 2.24) is 0 Å². The Labute approximate surface area is 48.1 Å². The number of hydrogen-bond donors (Lipinski definition) is 1. The molecule has 0 fully saturated rings. The first-order chi connectivity index (χ1) is 3.72. The van der Waals surface area contributed by atoms with Crippen molar-refractivity contribution in [2.24, 2.45) is 5.73 Å². The molecule has 0 bridgehead atoms. The summed E-state index contributed by atoms with van der Waals surface area (Å²) in [6.45, 7) is 1.68. The Morgan fingerprint density at radius 1 is 1.75 bits per heavy atom. The first-order valence-electron chi connectivity index (χ1n) is 2.22. The van der Waals surface area contributed by atoms with E-state index in [1.54, 1.807) is 6.92 Å². The summed E-state index contributed by atoms with van der Waals surface area (Å²) in [7, 11) is 1.40. The standard InChI is InChI=1S/C5H9NO2/c1-3-4(8-2)5(6)7/h3H,1-2H3,(H2,6,7). The summed E-state index contributed by atoms with van der Waals surface area (Å²) >= 11 is 0. The van der Waals surface area contributed by atoms with Crippen molar-refractivity contribution < 1.29 is 9.53 Å². The predicted octanol–water partition coefficient (Wildman–Crippen LogP) is 0.0219. The molecule has 1 amide bonds. The van der Waals surface area contributed by atoms with Gasteiger partial charge in [-0.25, -0.2) is 0 Å². The number of primary amides is 1. The molecular formula is C5H9NO2. The van der Waals surface area contributed by atoms with Gasteiger partial charge < -0.3 is 10.5 Å². The molecule has 0 aromatic heterocycles. The van der Waals surface area contributed by atoms with Crippen LogP contribution in [0.3, 0.4) is 0 Å². The number of carbonyl (C=O) groups excluding carboxylic acids is 1. The number of allylic oxidation sites excluding steroid dienone is 1. The second-order valence-corrected chi connectivity index (χ2v) is 1.22. The minimum absolute atomic E-state index is 0.199. The Balaban J connectivity index is 3.92. The highest BCUT2D eigenvalue weighted by Crippen LogP contribution is 1.89. The van der Waals surface area contributed by atoms with E-state index in [9.17, 15) is 4.79 Å². The van der Waals surface area contributed by atoms with Gasteiger partial charge >= 0.3 is 0 Å². The van der Waals surface area contributed by atoms with Gasteiger partial charge in [0, 0.05) is 0 Å². The zero-order valence-electron chi connectivity index (χ0n) is 4.97. The molecule has 0 atom stereocenters. The van der Waals surface area contributed by atoms with E-state index in [2.05, 4.69) is 4.74 Å². The summed E-state index contributed by atoms with van der Waals surface area (Å²) in [6, 6.07) is 0. The van der Waals surface area contributed by atoms with Crippen LogP contribution in [0, 0.1) is 0 Å². The molecule has 0 heterocycles. The molecular weight excluding hydrogens is 106 g/mol. The van der Waals surface area contributed by atoms with Gasteiger partial charge in [-0.05, 0) is 13.0 Å². The summed E-state index contributed by atoms with van der Waals surface area (Å²) < 4.78 is 4.55. The van der Waals surface area contributed by atoms with Crippen molar-refractivity contribution in [2.75, 3.05) is 7.11 Å². The lowest BCUT2D eigenvalue weighted by molar-refractivity contribution is -0.117. The second-order valence-electron chi connectivity index (χ2n) is 1.22. The molecule has 0 aliphatic rings. The van der Waals surface area contributed by atoms with Crippen molar-refractivity contribution in [3.05, 3.63) is 11.8 Å². The monoisotopic (exact) mass is 115 g/mol. The smallest absolute Gasteiger partial charge is 0.283 e. The first-order valence-corrected chi connectivity index (χ1v) is 2.22. The lowest BCUT2D eigenvalue weighted by Crippen LogP contribution is -2.14. The molecule has 0 radical (unpaired) electrons. The maximum atomic E-state index is 10.2. The average Bonchev–Trinajstić information content (AvgIpc) is 1.69. The molecule has 0 unspecified atom stereocenters. The molecule has 0 aromatic carbocycles. The molecule has 8 heavy (non-hydrogen) atoms. The normalized spacial score (nSPS) is 11.0. The molecule has 3 nitrogen and oxygen atoms in total. The minimum atomic E-state index is -0.532. The van der Waals surface area contributed by atoms with E-state index in [4.69, 9.17) is 5.73 Å². The van der Waals surface area contributed by atoms with Gasteiger partial charge in [-0.15, -0.1) is 0 Å². The molecule has 0 saturated carbocycles. The Morgan fingerprint density at radius 3 is 2.25 bits per heavy atom. The fourth-order valence-corrected chi connectivity index (χ4v) is 0.361. The lowest BCUT2D eigenvalue weighted by atomic mass is 10.4. The Morgan fingerprint density at radius 2 is 2.25 bits per heavy atom. The fraction of sp³-hybridized carbons (Fsp3) is 0.400. The highest BCUT2D eigenvalue weighted by atomic mass is 16.5. The number of carbonyl (C=O) groups is 1. The third-order valence-corrected chi connectivity index (χ3v) is 0.725. The molecule has 0 saturated heterocycles. The van der Waals surface area contributed by atoms with Crippen LogP contribution in [0.1, 0.15) is 6.92 Å². The minimum Gasteiger partial charge on any atom is -0.491 e. The first kappa shape index (κ1) is 7.01. The number of nitrogens with two attached hydrogens (primary N) is 1. The quantitative estimate of drug-likeness (QED) is 0.407. The SMILES string of the molecule is CC=C(OC)C(N)=O. The van der Waals surface area contributed by atoms with Crippen LogP contribution in [0.2, 0.25) is 0 Å². The predicted molar refractivity (Wildman–Crippen MR) is 30.0 cm³/mol. The van der Waals surface area contributed by atoms with Gasteiger partial charge in [0.15, 0.2) is 5.76 Å². The number of ether oxygens (including phenoxy) is 1. The van der Waals surface area contributed by atoms with Gasteiger partial charge in [0.05, 0.1) is 7.11 Å². The van der Waals surface area contributed by atoms with Gasteiger partial charge in [-0.1, -0.05) is 0 Å². The van der Waals surface area contributed by atoms with Crippen molar-refractivity contribution in [2.45, 2.75) is 6.92 Å². The summed E-state index contributed by atoms with van der Waals surface area (Å²) in [5.41, 5.74) is 4.83. The van der Waals surface area contributed by atoms with Crippen LogP contribution in [0.15, 0.2) is 11.8 Å². The van der Waals surface area contributed by atoms with E-state index in [0.29, 0.717) is 0 Å². The highest BCUT2D eigenvalue weighted by molar-refractivity contribution is 5.89. The van der Waals surface area contributed by atoms with E-state index in [0.717, 1.165) is 0 Å². The molecule has 0 aliphatic heterocycles. The Hall–Kier alpha value is -0.990. The summed E-state index contributed by atoms with van der Waals surface area (Å²) in [5, 5.41) is 0. The Bertz CT molecular complexity index is 118. The number of hydrogen-bond acceptors (Lipinski definition) is 2. The number of methoxy groups -OCH3 is 1. The molecule has 2 N–H and O–H groups in total. The third kappa shape index (κ3) is 1.64. The van der Waals surface area contributed by atoms with E-state index in [-0.39, 0.29) is 5.76 Å². The van der Waals surface area contributed by atoms with Gasteiger partial charge in [-0.3, -0.25) is 4.79 Å². The average molecular weight is 115 g/mol. The van der Waals surface area contributed by atoms with Crippen molar-refractivity contribution in [3.8, 4) is 0 Å². The van der Waals surface area contributed by atoms with Crippen LogP contribution < -0.4 is 5.73 Å². The van der Waals surface area contributed by atoms with E-state index in [1.165, 1.54) is 13.2 Å². The number of rotatable bonds is 2. The Kier molecular flexibility index (Phi) is 2.69. The largest absolute Gasteiger partial charge is 0.491 e. The summed E-state index contributed by atoms with van der Waals surface area (Å²) in [4.78, 5) is 10.2. The van der Waals surface area contributed by atoms with Crippen molar-refractivity contribution in [1.29, 1.82) is 0 Å². The topological polar surface area (TPSA) is 52.3 Å². The zero-order valence-corrected chi connectivity index (χ0v) is 4.97. The van der Waals surface area contributed by atoms with E-state index < -0.39 is 5.91 Å². The lowest BCUT2D eigenvalue weighted by Gasteiger charge is -1.96. The van der Waals surface area contributed by atoms with Gasteiger partial charge in [0.25, 0.3) is 5.91 Å². The van der Waals surface area contributed by atoms with Crippen LogP contribution >= 0.6 is 0 Å². The highest BCUT2D eigenvalue weighted by Gasteiger charge is 1.98. The van der Waals surface area contributed by atoms with Crippen molar-refractivity contribution >= 4 is 5.91 Å². The van der Waals surface area contributed by atoms with Gasteiger partial charge in [-0.2, -0.15) is 0 Å². The van der Waals surface area contributed by atoms with Crippen LogP contribution in [0.4, 0.5) is 0 Å². The summed E-state index contributed by atoms with van der Waals surface area (Å²) in [6.07, 6.45) is 1.52. The van der Waals surface area contributed by atoms with Gasteiger partial charge in [0.1, 0.15) is 0 Å². The molecule has 46 valence electrons.